The van der Waals surface area contributed by atoms with Crippen LogP contribution in [-0.2, 0) is 4.74 Å². The van der Waals surface area contributed by atoms with Gasteiger partial charge in [-0.1, -0.05) is 0 Å². The maximum absolute atomic E-state index is 12.5. The lowest BCUT2D eigenvalue weighted by atomic mass is 10.2. The third-order valence-electron chi connectivity index (χ3n) is 3.41. The standard InChI is InChI=1S/C12H15N5O3/c1-8-10(4-13-12-14-7-15-17(8)12)11(19)16-2-3-20-9(5-16)6-18/h4,7,9,18H,2-3,5-6H2,1H3. The summed E-state index contributed by atoms with van der Waals surface area (Å²) in [6.07, 6.45) is 2.60. The minimum atomic E-state index is -0.323. The molecule has 106 valence electrons. The maximum Gasteiger partial charge on any atom is 0.257 e. The Kier molecular flexibility index (Phi) is 3.33. The summed E-state index contributed by atoms with van der Waals surface area (Å²) in [5, 5.41) is 13.2. The van der Waals surface area contributed by atoms with Gasteiger partial charge in [0.25, 0.3) is 11.7 Å². The Labute approximate surface area is 115 Å². The smallest absolute Gasteiger partial charge is 0.257 e. The highest BCUT2D eigenvalue weighted by Crippen LogP contribution is 2.13. The number of aliphatic hydroxyl groups excluding tert-OH is 1. The summed E-state index contributed by atoms with van der Waals surface area (Å²) < 4.78 is 6.88. The summed E-state index contributed by atoms with van der Waals surface area (Å²) in [5.41, 5.74) is 1.19. The first-order valence-corrected chi connectivity index (χ1v) is 6.37. The largest absolute Gasteiger partial charge is 0.394 e. The fourth-order valence-electron chi connectivity index (χ4n) is 2.28. The Hall–Kier alpha value is -2.06. The van der Waals surface area contributed by atoms with Gasteiger partial charge in [-0.05, 0) is 6.92 Å². The summed E-state index contributed by atoms with van der Waals surface area (Å²) in [6, 6.07) is 0. The van der Waals surface area contributed by atoms with Crippen LogP contribution in [0.25, 0.3) is 5.78 Å². The molecule has 1 atom stereocenters. The van der Waals surface area contributed by atoms with Crippen LogP contribution in [0.4, 0.5) is 0 Å². The normalized spacial score (nSPS) is 19.5. The molecule has 3 heterocycles. The van der Waals surface area contributed by atoms with Crippen molar-refractivity contribution in [3.8, 4) is 0 Å². The van der Waals surface area contributed by atoms with Gasteiger partial charge >= 0.3 is 0 Å². The molecule has 0 saturated carbocycles. The van der Waals surface area contributed by atoms with Gasteiger partial charge in [0.05, 0.1) is 30.6 Å². The third kappa shape index (κ3) is 2.12. The number of rotatable bonds is 2. The highest BCUT2D eigenvalue weighted by atomic mass is 16.5. The van der Waals surface area contributed by atoms with Crippen molar-refractivity contribution < 1.29 is 14.6 Å². The predicted molar refractivity (Wildman–Crippen MR) is 68.2 cm³/mol. The van der Waals surface area contributed by atoms with E-state index in [4.69, 9.17) is 9.84 Å². The molecular weight excluding hydrogens is 262 g/mol. The topological polar surface area (TPSA) is 92.9 Å². The quantitative estimate of drug-likeness (QED) is 0.777. The van der Waals surface area contributed by atoms with Crippen molar-refractivity contribution in [2.24, 2.45) is 0 Å². The van der Waals surface area contributed by atoms with Crippen LogP contribution in [0.2, 0.25) is 0 Å². The van der Waals surface area contributed by atoms with E-state index in [0.29, 0.717) is 36.7 Å². The Morgan fingerprint density at radius 3 is 3.20 bits per heavy atom. The van der Waals surface area contributed by atoms with Crippen molar-refractivity contribution in [1.82, 2.24) is 24.5 Å². The van der Waals surface area contributed by atoms with E-state index in [-0.39, 0.29) is 18.6 Å². The SMILES string of the molecule is Cc1c(C(=O)N2CCOC(CO)C2)cnc2ncnn12. The molecule has 0 radical (unpaired) electrons. The zero-order chi connectivity index (χ0) is 14.1. The summed E-state index contributed by atoms with van der Waals surface area (Å²) in [4.78, 5) is 22.3. The molecular formula is C12H15N5O3. The first-order valence-electron chi connectivity index (χ1n) is 6.37. The van der Waals surface area contributed by atoms with Crippen LogP contribution in [0, 0.1) is 6.92 Å². The molecule has 0 bridgehead atoms. The fourth-order valence-corrected chi connectivity index (χ4v) is 2.28. The van der Waals surface area contributed by atoms with Crippen molar-refractivity contribution in [3.63, 3.8) is 0 Å². The molecule has 8 heteroatoms. The fraction of sp³-hybridized carbons (Fsp3) is 0.500. The number of ether oxygens (including phenoxy) is 1. The summed E-state index contributed by atoms with van der Waals surface area (Å²) in [5.74, 6) is 0.336. The zero-order valence-electron chi connectivity index (χ0n) is 11.1. The average Bonchev–Trinajstić information content (AvgIpc) is 2.96. The third-order valence-corrected chi connectivity index (χ3v) is 3.41. The summed E-state index contributed by atoms with van der Waals surface area (Å²) >= 11 is 0. The Morgan fingerprint density at radius 1 is 1.55 bits per heavy atom. The Balaban J connectivity index is 1.90. The number of fused-ring (bicyclic) bond motifs is 1. The molecule has 0 aliphatic carbocycles. The van der Waals surface area contributed by atoms with Gasteiger partial charge in [0.1, 0.15) is 6.33 Å². The van der Waals surface area contributed by atoms with Crippen molar-refractivity contribution in [1.29, 1.82) is 0 Å². The summed E-state index contributed by atoms with van der Waals surface area (Å²) in [7, 11) is 0. The van der Waals surface area contributed by atoms with Gasteiger partial charge < -0.3 is 14.7 Å². The number of aryl methyl sites for hydroxylation is 1. The van der Waals surface area contributed by atoms with Crippen molar-refractivity contribution >= 4 is 11.7 Å². The molecule has 1 unspecified atom stereocenters. The zero-order valence-corrected chi connectivity index (χ0v) is 11.1. The number of carbonyl (C=O) groups is 1. The van der Waals surface area contributed by atoms with Gasteiger partial charge in [-0.3, -0.25) is 4.79 Å². The second-order valence-electron chi connectivity index (χ2n) is 4.66. The molecule has 1 aliphatic heterocycles. The van der Waals surface area contributed by atoms with Crippen molar-refractivity contribution in [3.05, 3.63) is 23.8 Å². The predicted octanol–water partition coefficient (Wildman–Crippen LogP) is -0.734. The van der Waals surface area contributed by atoms with Gasteiger partial charge in [-0.25, -0.2) is 9.50 Å². The first kappa shape index (κ1) is 12.9. The minimum Gasteiger partial charge on any atom is -0.394 e. The Bertz CT molecular complexity index is 641. The van der Waals surface area contributed by atoms with Gasteiger partial charge in [0, 0.05) is 19.3 Å². The van der Waals surface area contributed by atoms with Gasteiger partial charge in [0.15, 0.2) is 0 Å². The molecule has 0 spiro atoms. The van der Waals surface area contributed by atoms with Crippen LogP contribution in [0.5, 0.6) is 0 Å². The van der Waals surface area contributed by atoms with Crippen molar-refractivity contribution in [2.45, 2.75) is 13.0 Å². The van der Waals surface area contributed by atoms with E-state index in [1.807, 2.05) is 0 Å². The molecule has 0 aromatic carbocycles. The van der Waals surface area contributed by atoms with Crippen LogP contribution in [0.1, 0.15) is 16.1 Å². The first-order chi connectivity index (χ1) is 9.70. The van der Waals surface area contributed by atoms with Crippen molar-refractivity contribution in [2.75, 3.05) is 26.3 Å². The minimum absolute atomic E-state index is 0.0941. The molecule has 2 aromatic rings. The highest BCUT2D eigenvalue weighted by Gasteiger charge is 2.26. The van der Waals surface area contributed by atoms with E-state index in [1.165, 1.54) is 17.0 Å². The number of aliphatic hydroxyl groups is 1. The molecule has 3 rings (SSSR count). The molecule has 1 aliphatic rings. The molecule has 2 aromatic heterocycles. The molecule has 1 fully saturated rings. The van der Waals surface area contributed by atoms with Crippen LogP contribution >= 0.6 is 0 Å². The second kappa shape index (κ2) is 5.14. The van der Waals surface area contributed by atoms with E-state index in [2.05, 4.69) is 15.1 Å². The van der Waals surface area contributed by atoms with E-state index < -0.39 is 0 Å². The number of amides is 1. The molecule has 20 heavy (non-hydrogen) atoms. The number of nitrogens with zero attached hydrogens (tertiary/aromatic N) is 5. The van der Waals surface area contributed by atoms with Crippen LogP contribution in [-0.4, -0.2) is 67.9 Å². The van der Waals surface area contributed by atoms with Gasteiger partial charge in [-0.2, -0.15) is 10.1 Å². The summed E-state index contributed by atoms with van der Waals surface area (Å²) in [6.45, 7) is 3.02. The van der Waals surface area contributed by atoms with Crippen LogP contribution in [0.3, 0.4) is 0 Å². The molecule has 1 N–H and O–H groups in total. The lowest BCUT2D eigenvalue weighted by Crippen LogP contribution is -2.47. The van der Waals surface area contributed by atoms with Gasteiger partial charge in [-0.15, -0.1) is 0 Å². The Morgan fingerprint density at radius 2 is 2.40 bits per heavy atom. The number of carbonyl (C=O) groups excluding carboxylic acids is 1. The van der Waals surface area contributed by atoms with E-state index >= 15 is 0 Å². The molecule has 1 amide bonds. The second-order valence-corrected chi connectivity index (χ2v) is 4.66. The molecule has 8 nitrogen and oxygen atoms in total. The van der Waals surface area contributed by atoms with E-state index in [9.17, 15) is 4.79 Å². The number of hydrogen-bond acceptors (Lipinski definition) is 6. The van der Waals surface area contributed by atoms with Gasteiger partial charge in [0.2, 0.25) is 0 Å². The van der Waals surface area contributed by atoms with E-state index in [0.717, 1.165) is 0 Å². The van der Waals surface area contributed by atoms with Crippen LogP contribution < -0.4 is 0 Å². The highest BCUT2D eigenvalue weighted by molar-refractivity contribution is 5.95. The lowest BCUT2D eigenvalue weighted by molar-refractivity contribution is -0.0447. The number of aromatic nitrogens is 4. The van der Waals surface area contributed by atoms with Crippen LogP contribution in [0.15, 0.2) is 12.5 Å². The average molecular weight is 277 g/mol. The monoisotopic (exact) mass is 277 g/mol. The molecule has 1 saturated heterocycles. The van der Waals surface area contributed by atoms with E-state index in [1.54, 1.807) is 11.8 Å². The number of hydrogen-bond donors (Lipinski definition) is 1. The lowest BCUT2D eigenvalue weighted by Gasteiger charge is -2.32. The number of morpholine rings is 1. The maximum atomic E-state index is 12.5.